The first-order chi connectivity index (χ1) is 19.3. The summed E-state index contributed by atoms with van der Waals surface area (Å²) in [5.41, 5.74) is 1.03. The molecule has 1 N–H and O–H groups in total. The summed E-state index contributed by atoms with van der Waals surface area (Å²) in [6.07, 6.45) is -3.15. The smallest absolute Gasteiger partial charge is 0.357 e. The molecule has 5 rings (SSSR count). The number of alkyl halides is 3. The number of carbonyl (C=O) groups excluding carboxylic acids is 3. The Labute approximate surface area is 246 Å². The van der Waals surface area contributed by atoms with E-state index in [4.69, 9.17) is 11.6 Å². The lowest BCUT2D eigenvalue weighted by atomic mass is 9.96. The summed E-state index contributed by atoms with van der Waals surface area (Å²) < 4.78 is 41.2. The predicted molar refractivity (Wildman–Crippen MR) is 146 cm³/mol. The molecule has 3 aromatic rings. The highest BCUT2D eigenvalue weighted by Crippen LogP contribution is 2.36. The molecule has 0 aliphatic carbocycles. The van der Waals surface area contributed by atoms with Crippen molar-refractivity contribution in [1.29, 1.82) is 0 Å². The first kappa shape index (κ1) is 29.1. The molecular formula is C27H25BrClF3N6O3. The van der Waals surface area contributed by atoms with Crippen LogP contribution in [-0.2, 0) is 23.9 Å². The van der Waals surface area contributed by atoms with Crippen LogP contribution in [0.15, 0.2) is 41.0 Å². The van der Waals surface area contributed by atoms with Crippen molar-refractivity contribution >= 4 is 45.3 Å². The van der Waals surface area contributed by atoms with E-state index in [9.17, 15) is 27.6 Å². The van der Waals surface area contributed by atoms with Gasteiger partial charge in [-0.1, -0.05) is 17.7 Å². The maximum atomic E-state index is 14.0. The lowest BCUT2D eigenvalue weighted by Gasteiger charge is -2.38. The maximum absolute atomic E-state index is 14.0. The monoisotopic (exact) mass is 652 g/mol. The molecule has 4 heterocycles. The molecule has 9 nitrogen and oxygen atoms in total. The molecule has 14 heteroatoms. The molecule has 41 heavy (non-hydrogen) atoms. The van der Waals surface area contributed by atoms with Crippen LogP contribution in [0.25, 0.3) is 0 Å². The average molecular weight is 654 g/mol. The van der Waals surface area contributed by atoms with Gasteiger partial charge in [-0.05, 0) is 59.6 Å². The summed E-state index contributed by atoms with van der Waals surface area (Å²) in [5.74, 6) is -1.10. The molecule has 0 bridgehead atoms. The third-order valence-corrected chi connectivity index (χ3v) is 8.80. The maximum Gasteiger partial charge on any atom is 0.433 e. The first-order valence-electron chi connectivity index (χ1n) is 12.7. The summed E-state index contributed by atoms with van der Waals surface area (Å²) in [5, 5.41) is 7.64. The van der Waals surface area contributed by atoms with E-state index in [1.54, 1.807) is 30.0 Å². The number of aromatic nitrogens is 3. The van der Waals surface area contributed by atoms with Gasteiger partial charge in [0, 0.05) is 41.3 Å². The van der Waals surface area contributed by atoms with Crippen molar-refractivity contribution in [3.8, 4) is 0 Å². The fourth-order valence-electron chi connectivity index (χ4n) is 5.26. The van der Waals surface area contributed by atoms with Crippen molar-refractivity contribution in [3.63, 3.8) is 0 Å². The second kappa shape index (κ2) is 10.8. The molecule has 216 valence electrons. The Hall–Kier alpha value is -3.45. The van der Waals surface area contributed by atoms with Gasteiger partial charge in [0.05, 0.1) is 29.8 Å². The minimum absolute atomic E-state index is 0.0517. The van der Waals surface area contributed by atoms with Gasteiger partial charge in [-0.25, -0.2) is 4.68 Å². The fourth-order valence-corrected chi connectivity index (χ4v) is 5.69. The van der Waals surface area contributed by atoms with E-state index in [0.29, 0.717) is 38.3 Å². The van der Waals surface area contributed by atoms with Crippen LogP contribution < -0.4 is 5.32 Å². The Morgan fingerprint density at radius 2 is 1.95 bits per heavy atom. The zero-order chi connectivity index (χ0) is 29.8. The second-order valence-corrected chi connectivity index (χ2v) is 11.3. The van der Waals surface area contributed by atoms with Gasteiger partial charge in [0.2, 0.25) is 5.91 Å². The normalized spacial score (nSPS) is 19.5. The van der Waals surface area contributed by atoms with Gasteiger partial charge in [0.1, 0.15) is 17.4 Å². The number of pyridine rings is 1. The number of hydrogen-bond donors (Lipinski definition) is 1. The molecular weight excluding hydrogens is 629 g/mol. The number of benzene rings is 1. The Bertz CT molecular complexity index is 1540. The molecule has 0 spiro atoms. The Morgan fingerprint density at radius 3 is 2.56 bits per heavy atom. The van der Waals surface area contributed by atoms with Crippen molar-refractivity contribution < 1.29 is 27.6 Å². The number of hydrogen-bond acceptors (Lipinski definition) is 5. The predicted octanol–water partition coefficient (Wildman–Crippen LogP) is 4.80. The zero-order valence-corrected chi connectivity index (χ0v) is 24.5. The van der Waals surface area contributed by atoms with E-state index >= 15 is 0 Å². The molecule has 2 aliphatic rings. The van der Waals surface area contributed by atoms with Crippen LogP contribution in [0, 0.1) is 0 Å². The minimum Gasteiger partial charge on any atom is -0.357 e. The molecule has 0 unspecified atom stereocenters. The van der Waals surface area contributed by atoms with Crippen LogP contribution >= 0.6 is 27.5 Å². The lowest BCUT2D eigenvalue weighted by molar-refractivity contribution is -0.141. The van der Waals surface area contributed by atoms with Gasteiger partial charge in [-0.15, -0.1) is 0 Å². The Balaban J connectivity index is 1.52. The van der Waals surface area contributed by atoms with Crippen LogP contribution in [0.4, 0.5) is 13.2 Å². The number of rotatable bonds is 4. The SMILES string of the molecule is CNC(=O)[C@@H]1CN([C@H](C)c2ccc(C(F)(F)F)nc2)C(=O)c2c3c(nn21)C[C@@H](C)N(C(=O)c1ccc(Br)c(Cl)c1)C3. The summed E-state index contributed by atoms with van der Waals surface area (Å²) in [6.45, 7) is 3.57. The number of amides is 3. The van der Waals surface area contributed by atoms with Crippen LogP contribution in [0.3, 0.4) is 0 Å². The molecule has 0 fully saturated rings. The summed E-state index contributed by atoms with van der Waals surface area (Å²) >= 11 is 9.54. The van der Waals surface area contributed by atoms with Gasteiger partial charge < -0.3 is 15.1 Å². The molecule has 0 saturated heterocycles. The molecule has 2 aliphatic heterocycles. The Morgan fingerprint density at radius 1 is 1.22 bits per heavy atom. The highest BCUT2D eigenvalue weighted by molar-refractivity contribution is 9.10. The van der Waals surface area contributed by atoms with Crippen LogP contribution in [0.5, 0.6) is 0 Å². The third-order valence-electron chi connectivity index (χ3n) is 7.57. The van der Waals surface area contributed by atoms with Crippen molar-refractivity contribution in [2.75, 3.05) is 13.6 Å². The first-order valence-corrected chi connectivity index (χ1v) is 13.9. The fraction of sp³-hybridized carbons (Fsp3) is 0.370. The van der Waals surface area contributed by atoms with E-state index < -0.39 is 29.9 Å². The second-order valence-electron chi connectivity index (χ2n) is 10.1. The largest absolute Gasteiger partial charge is 0.433 e. The molecule has 2 aromatic heterocycles. The number of halogens is 5. The standard InChI is InChI=1S/C27H25BrClF3N6O3/c1-13-8-20-17(11-36(13)25(40)15-4-6-18(28)19(29)9-15)23-26(41)37(12-21(24(39)33-3)38(23)35-20)14(2)16-5-7-22(34-10-16)27(30,31)32/h4-7,9-10,13-14,21H,8,11-12H2,1-3H3,(H,33,39)/t13-,14-,21+/m1/s1. The number of nitrogens with one attached hydrogen (secondary N) is 1. The summed E-state index contributed by atoms with van der Waals surface area (Å²) in [6, 6.07) is 5.21. The van der Waals surface area contributed by atoms with E-state index in [1.165, 1.54) is 22.7 Å². The van der Waals surface area contributed by atoms with Gasteiger partial charge >= 0.3 is 6.18 Å². The lowest BCUT2D eigenvalue weighted by Crippen LogP contribution is -2.49. The average Bonchev–Trinajstić information content (AvgIpc) is 3.31. The van der Waals surface area contributed by atoms with Crippen LogP contribution in [0.1, 0.15) is 69.3 Å². The summed E-state index contributed by atoms with van der Waals surface area (Å²) in [7, 11) is 1.47. The highest BCUT2D eigenvalue weighted by atomic mass is 79.9. The van der Waals surface area contributed by atoms with Gasteiger partial charge in [0.25, 0.3) is 11.8 Å². The van der Waals surface area contributed by atoms with E-state index in [2.05, 4.69) is 31.3 Å². The van der Waals surface area contributed by atoms with Crippen molar-refractivity contribution in [2.24, 2.45) is 0 Å². The van der Waals surface area contributed by atoms with E-state index in [0.717, 1.165) is 12.3 Å². The molecule has 1 aromatic carbocycles. The molecule has 0 radical (unpaired) electrons. The molecule has 3 atom stereocenters. The van der Waals surface area contributed by atoms with Gasteiger partial charge in [-0.2, -0.15) is 18.3 Å². The number of fused-ring (bicyclic) bond motifs is 3. The van der Waals surface area contributed by atoms with E-state index in [-0.39, 0.29) is 36.6 Å². The Kier molecular flexibility index (Phi) is 7.62. The van der Waals surface area contributed by atoms with Crippen molar-refractivity contribution in [3.05, 3.63) is 79.8 Å². The van der Waals surface area contributed by atoms with E-state index in [1.807, 2.05) is 6.92 Å². The quantitative estimate of drug-likeness (QED) is 0.436. The van der Waals surface area contributed by atoms with Crippen LogP contribution in [0.2, 0.25) is 5.02 Å². The van der Waals surface area contributed by atoms with Crippen LogP contribution in [-0.4, -0.2) is 61.9 Å². The summed E-state index contributed by atoms with van der Waals surface area (Å²) in [4.78, 5) is 47.0. The number of likely N-dealkylation sites (N-methyl/N-ethyl adjacent to an activating group) is 1. The van der Waals surface area contributed by atoms with Crippen molar-refractivity contribution in [2.45, 2.75) is 51.1 Å². The van der Waals surface area contributed by atoms with Crippen molar-refractivity contribution in [1.82, 2.24) is 29.9 Å². The minimum atomic E-state index is -4.60. The zero-order valence-electron chi connectivity index (χ0n) is 22.2. The number of nitrogens with zero attached hydrogens (tertiary/aromatic N) is 5. The molecule has 3 amide bonds. The van der Waals surface area contributed by atoms with Gasteiger partial charge in [-0.3, -0.25) is 19.4 Å². The topological polar surface area (TPSA) is 100 Å². The van der Waals surface area contributed by atoms with Gasteiger partial charge in [0.15, 0.2) is 0 Å². The highest BCUT2D eigenvalue weighted by Gasteiger charge is 2.43. The third kappa shape index (κ3) is 5.21. The molecule has 0 saturated carbocycles. The number of carbonyl (C=O) groups is 3.